The Morgan fingerprint density at radius 3 is 2.68 bits per heavy atom. The number of benzene rings is 1. The summed E-state index contributed by atoms with van der Waals surface area (Å²) in [7, 11) is 0. The van der Waals surface area contributed by atoms with E-state index in [0.717, 1.165) is 18.9 Å². The Labute approximate surface area is 108 Å². The number of rotatable bonds is 6. The highest BCUT2D eigenvalue weighted by atomic mass is 19.1. The van der Waals surface area contributed by atoms with Gasteiger partial charge in [0, 0.05) is 24.3 Å². The second-order valence-corrected chi connectivity index (χ2v) is 4.49. The standard InChI is InChI=1S/C12H13FN2O4/c13-8-5-10(7-11(6-8)15(18)19)14(9-1-2-9)4-3-12(16)17/h5-7,9H,1-4H2,(H,16,17). The zero-order valence-electron chi connectivity index (χ0n) is 10.1. The maximum absolute atomic E-state index is 13.4. The predicted molar refractivity (Wildman–Crippen MR) is 65.7 cm³/mol. The summed E-state index contributed by atoms with van der Waals surface area (Å²) < 4.78 is 13.4. The topological polar surface area (TPSA) is 83.7 Å². The number of hydrogen-bond acceptors (Lipinski definition) is 4. The monoisotopic (exact) mass is 268 g/mol. The largest absolute Gasteiger partial charge is 0.481 e. The molecular weight excluding hydrogens is 255 g/mol. The average Bonchev–Trinajstić information content (AvgIpc) is 3.12. The summed E-state index contributed by atoms with van der Waals surface area (Å²) in [6.07, 6.45) is 1.70. The molecule has 0 unspecified atom stereocenters. The van der Waals surface area contributed by atoms with Gasteiger partial charge in [-0.1, -0.05) is 0 Å². The first-order valence-electron chi connectivity index (χ1n) is 5.91. The van der Waals surface area contributed by atoms with Crippen LogP contribution in [-0.2, 0) is 4.79 Å². The molecule has 6 nitrogen and oxygen atoms in total. The van der Waals surface area contributed by atoms with Gasteiger partial charge in [-0.05, 0) is 18.9 Å². The number of carboxylic acids is 1. The summed E-state index contributed by atoms with van der Waals surface area (Å²) in [4.78, 5) is 22.4. The highest BCUT2D eigenvalue weighted by Gasteiger charge is 2.30. The van der Waals surface area contributed by atoms with E-state index in [0.29, 0.717) is 5.69 Å². The van der Waals surface area contributed by atoms with Crippen molar-refractivity contribution >= 4 is 17.3 Å². The maximum atomic E-state index is 13.4. The Morgan fingerprint density at radius 1 is 1.47 bits per heavy atom. The maximum Gasteiger partial charge on any atom is 0.305 e. The molecule has 1 aliphatic rings. The predicted octanol–water partition coefficient (Wildman–Crippen LogP) is 2.18. The van der Waals surface area contributed by atoms with Gasteiger partial charge in [0.05, 0.1) is 17.4 Å². The zero-order valence-corrected chi connectivity index (χ0v) is 10.1. The summed E-state index contributed by atoms with van der Waals surface area (Å²) in [6.45, 7) is 0.223. The molecule has 1 aromatic carbocycles. The second kappa shape index (κ2) is 5.21. The summed E-state index contributed by atoms with van der Waals surface area (Å²) in [5, 5.41) is 19.4. The summed E-state index contributed by atoms with van der Waals surface area (Å²) >= 11 is 0. The second-order valence-electron chi connectivity index (χ2n) is 4.49. The van der Waals surface area contributed by atoms with Gasteiger partial charge < -0.3 is 10.0 Å². The molecular formula is C12H13FN2O4. The van der Waals surface area contributed by atoms with Crippen LogP contribution in [0.15, 0.2) is 18.2 Å². The lowest BCUT2D eigenvalue weighted by molar-refractivity contribution is -0.385. The van der Waals surface area contributed by atoms with E-state index in [1.54, 1.807) is 4.90 Å². The van der Waals surface area contributed by atoms with Gasteiger partial charge in [0.15, 0.2) is 0 Å². The Bertz CT molecular complexity index is 516. The van der Waals surface area contributed by atoms with Crippen LogP contribution >= 0.6 is 0 Å². The number of carboxylic acid groups (broad SMARTS) is 1. The fraction of sp³-hybridized carbons (Fsp3) is 0.417. The van der Waals surface area contributed by atoms with Crippen molar-refractivity contribution in [3.05, 3.63) is 34.1 Å². The Kier molecular flexibility index (Phi) is 3.64. The van der Waals surface area contributed by atoms with Crippen molar-refractivity contribution in [2.75, 3.05) is 11.4 Å². The molecule has 1 aromatic rings. The number of non-ortho nitro benzene ring substituents is 1. The zero-order chi connectivity index (χ0) is 14.0. The number of hydrogen-bond donors (Lipinski definition) is 1. The molecule has 0 spiro atoms. The average molecular weight is 268 g/mol. The highest BCUT2D eigenvalue weighted by Crippen LogP contribution is 2.33. The van der Waals surface area contributed by atoms with E-state index >= 15 is 0 Å². The van der Waals surface area contributed by atoms with Crippen LogP contribution in [0.1, 0.15) is 19.3 Å². The fourth-order valence-corrected chi connectivity index (χ4v) is 1.96. The van der Waals surface area contributed by atoms with Gasteiger partial charge in [-0.2, -0.15) is 0 Å². The lowest BCUT2D eigenvalue weighted by Gasteiger charge is -2.23. The molecule has 1 saturated carbocycles. The minimum Gasteiger partial charge on any atom is -0.481 e. The number of nitro benzene ring substituents is 1. The van der Waals surface area contributed by atoms with Crippen LogP contribution in [0.2, 0.25) is 0 Å². The third-order valence-electron chi connectivity index (χ3n) is 2.96. The van der Waals surface area contributed by atoms with Gasteiger partial charge >= 0.3 is 5.97 Å². The third kappa shape index (κ3) is 3.40. The molecule has 2 rings (SSSR count). The molecule has 0 bridgehead atoms. The number of aliphatic carboxylic acids is 1. The van der Waals surface area contributed by atoms with Crippen molar-refractivity contribution in [2.45, 2.75) is 25.3 Å². The Hall–Kier alpha value is -2.18. The van der Waals surface area contributed by atoms with Crippen molar-refractivity contribution in [3.8, 4) is 0 Å². The van der Waals surface area contributed by atoms with Crippen LogP contribution in [-0.4, -0.2) is 28.6 Å². The SMILES string of the molecule is O=C(O)CCN(c1cc(F)cc([N+](=O)[O-])c1)C1CC1. The molecule has 19 heavy (non-hydrogen) atoms. The van der Waals surface area contributed by atoms with Crippen LogP contribution in [0.3, 0.4) is 0 Å². The summed E-state index contributed by atoms with van der Waals surface area (Å²) in [5.41, 5.74) is 0.0476. The molecule has 1 fully saturated rings. The van der Waals surface area contributed by atoms with Crippen molar-refractivity contribution in [1.82, 2.24) is 0 Å². The minimum atomic E-state index is -0.948. The molecule has 0 saturated heterocycles. The lowest BCUT2D eigenvalue weighted by Crippen LogP contribution is -2.28. The molecule has 102 valence electrons. The molecule has 0 heterocycles. The smallest absolute Gasteiger partial charge is 0.305 e. The van der Waals surface area contributed by atoms with Crippen molar-refractivity contribution in [2.24, 2.45) is 0 Å². The number of anilines is 1. The van der Waals surface area contributed by atoms with Crippen LogP contribution in [0.25, 0.3) is 0 Å². The molecule has 0 aromatic heterocycles. The first kappa shape index (κ1) is 13.3. The highest BCUT2D eigenvalue weighted by molar-refractivity contribution is 5.68. The number of nitro groups is 1. The molecule has 1 N–H and O–H groups in total. The minimum absolute atomic E-state index is 0.0825. The van der Waals surface area contributed by atoms with Crippen molar-refractivity contribution < 1.29 is 19.2 Å². The van der Waals surface area contributed by atoms with E-state index in [2.05, 4.69) is 0 Å². The van der Waals surface area contributed by atoms with E-state index in [4.69, 9.17) is 5.11 Å². The van der Waals surface area contributed by atoms with Gasteiger partial charge in [-0.3, -0.25) is 14.9 Å². The van der Waals surface area contributed by atoms with Crippen molar-refractivity contribution in [1.29, 1.82) is 0 Å². The summed E-state index contributed by atoms with van der Waals surface area (Å²) in [5.74, 6) is -1.64. The van der Waals surface area contributed by atoms with E-state index in [1.807, 2.05) is 0 Å². The fourth-order valence-electron chi connectivity index (χ4n) is 1.96. The van der Waals surface area contributed by atoms with Crippen LogP contribution in [0.5, 0.6) is 0 Å². The number of halogens is 1. The first-order valence-corrected chi connectivity index (χ1v) is 5.91. The van der Waals surface area contributed by atoms with Gasteiger partial charge in [-0.25, -0.2) is 4.39 Å². The molecule has 0 aliphatic heterocycles. The van der Waals surface area contributed by atoms with E-state index < -0.39 is 16.7 Å². The Balaban J connectivity index is 2.25. The number of nitrogens with zero attached hydrogens (tertiary/aromatic N) is 2. The van der Waals surface area contributed by atoms with Gasteiger partial charge in [0.1, 0.15) is 5.82 Å². The van der Waals surface area contributed by atoms with Crippen molar-refractivity contribution in [3.63, 3.8) is 0 Å². The molecule has 1 aliphatic carbocycles. The van der Waals surface area contributed by atoms with E-state index in [-0.39, 0.29) is 24.7 Å². The molecule has 0 radical (unpaired) electrons. The molecule has 7 heteroatoms. The van der Waals surface area contributed by atoms with E-state index in [1.165, 1.54) is 12.1 Å². The first-order chi connectivity index (χ1) is 8.97. The molecule has 0 amide bonds. The lowest BCUT2D eigenvalue weighted by atomic mass is 10.2. The van der Waals surface area contributed by atoms with E-state index in [9.17, 15) is 19.3 Å². The van der Waals surface area contributed by atoms with Crippen LogP contribution in [0.4, 0.5) is 15.8 Å². The van der Waals surface area contributed by atoms with Gasteiger partial charge in [0.25, 0.3) is 5.69 Å². The van der Waals surface area contributed by atoms with Crippen LogP contribution < -0.4 is 4.90 Å². The molecule has 0 atom stereocenters. The Morgan fingerprint density at radius 2 is 2.16 bits per heavy atom. The van der Waals surface area contributed by atoms with Gasteiger partial charge in [0.2, 0.25) is 0 Å². The number of carbonyl (C=O) groups is 1. The summed E-state index contributed by atoms with van der Waals surface area (Å²) in [6, 6.07) is 3.49. The van der Waals surface area contributed by atoms with Crippen LogP contribution in [0, 0.1) is 15.9 Å². The normalized spacial score (nSPS) is 14.2. The van der Waals surface area contributed by atoms with Gasteiger partial charge in [-0.15, -0.1) is 0 Å². The quantitative estimate of drug-likeness (QED) is 0.631. The third-order valence-corrected chi connectivity index (χ3v) is 2.96.